The smallest absolute Gasteiger partial charge is 0.155 e. The first kappa shape index (κ1) is 13.0. The van der Waals surface area contributed by atoms with Crippen LogP contribution in [0.3, 0.4) is 0 Å². The predicted octanol–water partition coefficient (Wildman–Crippen LogP) is 3.08. The Morgan fingerprint density at radius 3 is 2.82 bits per heavy atom. The Labute approximate surface area is 112 Å². The topological polar surface area (TPSA) is 29.0 Å². The van der Waals surface area contributed by atoms with Gasteiger partial charge in [0, 0.05) is 24.1 Å². The van der Waals surface area contributed by atoms with E-state index in [1.54, 1.807) is 0 Å². The fourth-order valence-corrected chi connectivity index (χ4v) is 3.38. The van der Waals surface area contributed by atoms with Crippen LogP contribution in [0.25, 0.3) is 0 Å². The number of rotatable bonds is 2. The third-order valence-corrected chi connectivity index (χ3v) is 5.06. The lowest BCUT2D eigenvalue weighted by Gasteiger charge is -2.33. The molecule has 0 N–H and O–H groups in total. The fraction of sp³-hybridized carbons (Fsp3) is 0.667. The van der Waals surface area contributed by atoms with E-state index in [0.717, 1.165) is 30.0 Å². The highest BCUT2D eigenvalue weighted by Gasteiger charge is 2.22. The Balaban J connectivity index is 2.25. The lowest BCUT2D eigenvalue weighted by atomic mass is 10.2. The van der Waals surface area contributed by atoms with Crippen LogP contribution >= 0.6 is 23.4 Å². The highest BCUT2D eigenvalue weighted by Crippen LogP contribution is 2.28. The summed E-state index contributed by atoms with van der Waals surface area (Å²) < 4.78 is 0. The molecule has 94 valence electrons. The van der Waals surface area contributed by atoms with Crippen molar-refractivity contribution in [3.8, 4) is 0 Å². The Morgan fingerprint density at radius 2 is 2.12 bits per heavy atom. The molecule has 0 amide bonds. The molecule has 5 heteroatoms. The van der Waals surface area contributed by atoms with Crippen molar-refractivity contribution < 1.29 is 0 Å². The first-order valence-corrected chi connectivity index (χ1v) is 7.42. The summed E-state index contributed by atoms with van der Waals surface area (Å²) in [6.07, 6.45) is 1.21. The van der Waals surface area contributed by atoms with Crippen molar-refractivity contribution in [2.24, 2.45) is 0 Å². The predicted molar refractivity (Wildman–Crippen MR) is 75.3 cm³/mol. The number of aromatic nitrogens is 2. The van der Waals surface area contributed by atoms with Crippen molar-refractivity contribution in [2.75, 3.05) is 23.7 Å². The number of halogens is 1. The van der Waals surface area contributed by atoms with Crippen molar-refractivity contribution >= 4 is 29.2 Å². The maximum atomic E-state index is 5.98. The third-order valence-electron chi connectivity index (χ3n) is 3.33. The van der Waals surface area contributed by atoms with Crippen LogP contribution in [0.4, 0.5) is 5.82 Å². The molecule has 0 spiro atoms. The van der Waals surface area contributed by atoms with Gasteiger partial charge in [-0.2, -0.15) is 11.8 Å². The molecule has 2 rings (SSSR count). The third kappa shape index (κ3) is 2.68. The van der Waals surface area contributed by atoms with Crippen molar-refractivity contribution in [3.63, 3.8) is 0 Å². The van der Waals surface area contributed by atoms with Gasteiger partial charge in [-0.15, -0.1) is 10.2 Å². The van der Waals surface area contributed by atoms with Crippen LogP contribution in [0, 0.1) is 13.8 Å². The van der Waals surface area contributed by atoms with Gasteiger partial charge in [0.15, 0.2) is 11.0 Å². The second-order valence-corrected chi connectivity index (χ2v) is 6.18. The highest BCUT2D eigenvalue weighted by atomic mass is 35.5. The minimum Gasteiger partial charge on any atom is -0.353 e. The summed E-state index contributed by atoms with van der Waals surface area (Å²) in [6, 6.07) is 0. The van der Waals surface area contributed by atoms with Gasteiger partial charge in [-0.1, -0.05) is 18.5 Å². The Hall–Kier alpha value is -0.480. The number of nitrogens with zero attached hydrogens (tertiary/aromatic N) is 3. The normalized spacial score (nSPS) is 20.7. The number of hydrogen-bond acceptors (Lipinski definition) is 4. The van der Waals surface area contributed by atoms with E-state index in [1.807, 2.05) is 6.92 Å². The van der Waals surface area contributed by atoms with Gasteiger partial charge >= 0.3 is 0 Å². The molecule has 1 aliphatic rings. The van der Waals surface area contributed by atoms with E-state index < -0.39 is 0 Å². The van der Waals surface area contributed by atoms with E-state index in [1.165, 1.54) is 12.2 Å². The Bertz CT molecular complexity index is 411. The zero-order valence-electron chi connectivity index (χ0n) is 10.5. The van der Waals surface area contributed by atoms with Gasteiger partial charge in [0.1, 0.15) is 0 Å². The SMILES string of the molecule is CCC1CN(c2nnc(Cl)c(C)c2C)CCS1. The maximum absolute atomic E-state index is 5.98. The van der Waals surface area contributed by atoms with Crippen LogP contribution in [-0.2, 0) is 0 Å². The van der Waals surface area contributed by atoms with E-state index in [2.05, 4.69) is 40.7 Å². The second-order valence-electron chi connectivity index (χ2n) is 4.41. The molecule has 0 radical (unpaired) electrons. The minimum atomic E-state index is 0.518. The van der Waals surface area contributed by atoms with Crippen LogP contribution in [0.15, 0.2) is 0 Å². The average Bonchev–Trinajstić information content (AvgIpc) is 2.36. The van der Waals surface area contributed by atoms with Crippen molar-refractivity contribution in [1.82, 2.24) is 10.2 Å². The van der Waals surface area contributed by atoms with Crippen LogP contribution in [-0.4, -0.2) is 34.3 Å². The molecule has 3 nitrogen and oxygen atoms in total. The van der Waals surface area contributed by atoms with Gasteiger partial charge in [-0.25, -0.2) is 0 Å². The maximum Gasteiger partial charge on any atom is 0.155 e. The second kappa shape index (κ2) is 5.44. The van der Waals surface area contributed by atoms with Gasteiger partial charge in [0.2, 0.25) is 0 Å². The van der Waals surface area contributed by atoms with Crippen molar-refractivity contribution in [2.45, 2.75) is 32.4 Å². The molecule has 0 aromatic carbocycles. The molecular formula is C12H18ClN3S. The molecule has 1 saturated heterocycles. The van der Waals surface area contributed by atoms with Crippen molar-refractivity contribution in [3.05, 3.63) is 16.3 Å². The Morgan fingerprint density at radius 1 is 1.35 bits per heavy atom. The number of hydrogen-bond donors (Lipinski definition) is 0. The van der Waals surface area contributed by atoms with Gasteiger partial charge < -0.3 is 4.90 Å². The molecule has 0 saturated carbocycles. The molecule has 1 atom stereocenters. The van der Waals surface area contributed by atoms with Gasteiger partial charge in [-0.05, 0) is 31.4 Å². The van der Waals surface area contributed by atoms with Gasteiger partial charge in [-0.3, -0.25) is 0 Å². The largest absolute Gasteiger partial charge is 0.353 e. The van der Waals surface area contributed by atoms with Gasteiger partial charge in [0.05, 0.1) is 0 Å². The fourth-order valence-electron chi connectivity index (χ4n) is 2.02. The van der Waals surface area contributed by atoms with Gasteiger partial charge in [0.25, 0.3) is 0 Å². The summed E-state index contributed by atoms with van der Waals surface area (Å²) in [7, 11) is 0. The molecule has 1 aromatic rings. The van der Waals surface area contributed by atoms with E-state index in [-0.39, 0.29) is 0 Å². The summed E-state index contributed by atoms with van der Waals surface area (Å²) in [5, 5.41) is 9.53. The summed E-state index contributed by atoms with van der Waals surface area (Å²) in [5.74, 6) is 2.17. The molecule has 1 aliphatic heterocycles. The van der Waals surface area contributed by atoms with E-state index >= 15 is 0 Å². The molecule has 1 unspecified atom stereocenters. The first-order chi connectivity index (χ1) is 8.13. The first-order valence-electron chi connectivity index (χ1n) is 5.99. The summed E-state index contributed by atoms with van der Waals surface area (Å²) in [6.45, 7) is 8.45. The molecule has 0 bridgehead atoms. The zero-order valence-corrected chi connectivity index (χ0v) is 12.1. The van der Waals surface area contributed by atoms with Crippen molar-refractivity contribution in [1.29, 1.82) is 0 Å². The number of anilines is 1. The molecule has 2 heterocycles. The summed E-state index contributed by atoms with van der Waals surface area (Å²) in [4.78, 5) is 2.34. The number of thioether (sulfide) groups is 1. The quantitative estimate of drug-likeness (QED) is 0.827. The summed E-state index contributed by atoms with van der Waals surface area (Å²) >= 11 is 8.04. The summed E-state index contributed by atoms with van der Waals surface area (Å²) in [5.41, 5.74) is 2.20. The monoisotopic (exact) mass is 271 g/mol. The molecule has 0 aliphatic carbocycles. The molecule has 1 fully saturated rings. The van der Waals surface area contributed by atoms with Crippen LogP contribution in [0.1, 0.15) is 24.5 Å². The lowest BCUT2D eigenvalue weighted by molar-refractivity contribution is 0.710. The lowest BCUT2D eigenvalue weighted by Crippen LogP contribution is -2.38. The molecular weight excluding hydrogens is 254 g/mol. The average molecular weight is 272 g/mol. The standard InChI is InChI=1S/C12H18ClN3S/c1-4-10-7-16(5-6-17-10)12-9(3)8(2)11(13)14-15-12/h10H,4-7H2,1-3H3. The minimum absolute atomic E-state index is 0.518. The molecule has 17 heavy (non-hydrogen) atoms. The van der Waals surface area contributed by atoms with E-state index in [0.29, 0.717) is 10.4 Å². The van der Waals surface area contributed by atoms with E-state index in [4.69, 9.17) is 11.6 Å². The highest BCUT2D eigenvalue weighted by molar-refractivity contribution is 8.00. The zero-order chi connectivity index (χ0) is 12.4. The molecule has 1 aromatic heterocycles. The Kier molecular flexibility index (Phi) is 4.15. The van der Waals surface area contributed by atoms with E-state index in [9.17, 15) is 0 Å². The van der Waals surface area contributed by atoms with Crippen LogP contribution < -0.4 is 4.90 Å². The van der Waals surface area contributed by atoms with Crippen LogP contribution in [0.5, 0.6) is 0 Å². The van der Waals surface area contributed by atoms with Crippen LogP contribution in [0.2, 0.25) is 5.15 Å².